The van der Waals surface area contributed by atoms with Crippen molar-refractivity contribution in [2.75, 3.05) is 0 Å². The molecule has 0 aliphatic rings. The molecular formula is C37H19N5O. The van der Waals surface area contributed by atoms with Crippen molar-refractivity contribution in [2.24, 2.45) is 0 Å². The molecule has 0 amide bonds. The van der Waals surface area contributed by atoms with Crippen molar-refractivity contribution in [1.82, 2.24) is 14.1 Å². The largest absolute Gasteiger partial charge is 0.478 e. The second-order valence-electron chi connectivity index (χ2n) is 10.6. The van der Waals surface area contributed by atoms with Crippen molar-refractivity contribution in [3.05, 3.63) is 138 Å². The molecule has 0 N–H and O–H groups in total. The number of fused-ring (bicyclic) bond motifs is 10. The summed E-state index contributed by atoms with van der Waals surface area (Å²) < 4.78 is 10.7. The smallest absolute Gasteiger partial charge is 0.230 e. The van der Waals surface area contributed by atoms with Gasteiger partial charge in [0.1, 0.15) is 22.8 Å². The highest BCUT2D eigenvalue weighted by Gasteiger charge is 2.23. The standard InChI is InChI=1S/C37H19N5O/c1-38-27-15-9-14-25-34-35-26(21-28(39-2)37(34)43-36(25)27)24-13-5-8-18-31(24)42(35)33-20-10-19-32(40-33)41-29-16-6-3-11-22(29)23-12-4-7-17-30(23)41/h3-21H. The Labute approximate surface area is 244 Å². The Bertz CT molecular complexity index is 2660. The minimum Gasteiger partial charge on any atom is -0.478 e. The molecule has 0 aliphatic heterocycles. The molecule has 0 unspecified atom stereocenters. The van der Waals surface area contributed by atoms with Gasteiger partial charge < -0.3 is 4.42 Å². The highest BCUT2D eigenvalue weighted by molar-refractivity contribution is 6.28. The van der Waals surface area contributed by atoms with Crippen molar-refractivity contribution in [3.8, 4) is 11.6 Å². The van der Waals surface area contributed by atoms with Crippen LogP contribution in [0.3, 0.4) is 0 Å². The second-order valence-corrected chi connectivity index (χ2v) is 10.6. The third kappa shape index (κ3) is 3.07. The Hall–Kier alpha value is -6.37. The molecule has 0 fully saturated rings. The molecule has 198 valence electrons. The van der Waals surface area contributed by atoms with Crippen molar-refractivity contribution >= 4 is 76.9 Å². The van der Waals surface area contributed by atoms with Crippen LogP contribution in [0.1, 0.15) is 0 Å². The Morgan fingerprint density at radius 3 is 1.70 bits per heavy atom. The minimum absolute atomic E-state index is 0.421. The van der Waals surface area contributed by atoms with Gasteiger partial charge in [-0.25, -0.2) is 14.7 Å². The Balaban J connectivity index is 1.44. The highest BCUT2D eigenvalue weighted by Crippen LogP contribution is 2.46. The first-order chi connectivity index (χ1) is 21.3. The van der Waals surface area contributed by atoms with E-state index in [2.05, 4.69) is 79.5 Å². The molecule has 0 spiro atoms. The lowest BCUT2D eigenvalue weighted by Gasteiger charge is -2.12. The zero-order valence-electron chi connectivity index (χ0n) is 22.6. The molecule has 9 aromatic rings. The number of furan rings is 1. The number of pyridine rings is 1. The van der Waals surface area contributed by atoms with Gasteiger partial charge in [0, 0.05) is 26.9 Å². The van der Waals surface area contributed by atoms with E-state index in [9.17, 15) is 0 Å². The fourth-order valence-corrected chi connectivity index (χ4v) is 6.62. The molecule has 0 saturated heterocycles. The molecule has 43 heavy (non-hydrogen) atoms. The number of nitrogens with zero attached hydrogens (tertiary/aromatic N) is 5. The molecular weight excluding hydrogens is 530 g/mol. The van der Waals surface area contributed by atoms with Crippen LogP contribution in [0.15, 0.2) is 120 Å². The van der Waals surface area contributed by atoms with E-state index in [1.165, 1.54) is 10.8 Å². The van der Waals surface area contributed by atoms with Gasteiger partial charge in [-0.05, 0) is 41.8 Å². The van der Waals surface area contributed by atoms with Gasteiger partial charge in [-0.3, -0.25) is 9.13 Å². The molecule has 0 bridgehead atoms. The lowest BCUT2D eigenvalue weighted by atomic mass is 10.1. The maximum Gasteiger partial charge on any atom is 0.230 e. The van der Waals surface area contributed by atoms with Gasteiger partial charge in [0.25, 0.3) is 0 Å². The van der Waals surface area contributed by atoms with Crippen LogP contribution in [-0.4, -0.2) is 14.1 Å². The van der Waals surface area contributed by atoms with Gasteiger partial charge in [0.05, 0.1) is 35.2 Å². The Kier molecular flexibility index (Phi) is 4.65. The van der Waals surface area contributed by atoms with E-state index in [0.29, 0.717) is 22.5 Å². The highest BCUT2D eigenvalue weighted by atomic mass is 16.3. The van der Waals surface area contributed by atoms with Crippen molar-refractivity contribution in [2.45, 2.75) is 0 Å². The lowest BCUT2D eigenvalue weighted by molar-refractivity contribution is 0.673. The van der Waals surface area contributed by atoms with Crippen molar-refractivity contribution < 1.29 is 4.42 Å². The van der Waals surface area contributed by atoms with E-state index in [1.54, 1.807) is 6.07 Å². The van der Waals surface area contributed by atoms with E-state index < -0.39 is 0 Å². The maximum absolute atomic E-state index is 7.97. The number of para-hydroxylation sites is 4. The summed E-state index contributed by atoms with van der Waals surface area (Å²) in [5.41, 5.74) is 5.88. The van der Waals surface area contributed by atoms with Crippen LogP contribution in [0, 0.1) is 13.1 Å². The van der Waals surface area contributed by atoms with Crippen LogP contribution in [0.5, 0.6) is 0 Å². The summed E-state index contributed by atoms with van der Waals surface area (Å²) >= 11 is 0. The van der Waals surface area contributed by atoms with Gasteiger partial charge in [-0.1, -0.05) is 78.9 Å². The quantitative estimate of drug-likeness (QED) is 0.201. The van der Waals surface area contributed by atoms with E-state index in [0.717, 1.165) is 55.2 Å². The van der Waals surface area contributed by atoms with Crippen molar-refractivity contribution in [1.29, 1.82) is 0 Å². The summed E-state index contributed by atoms with van der Waals surface area (Å²) in [5, 5.41) is 5.93. The van der Waals surface area contributed by atoms with E-state index in [-0.39, 0.29) is 0 Å². The average Bonchev–Trinajstić information content (AvgIpc) is 3.72. The molecule has 4 aromatic heterocycles. The number of aromatic nitrogens is 3. The SMILES string of the molecule is [C-]#[N+]c1cccc2c1oc1c([N+]#[C-])cc3c4ccccc4n(-c4cccc(-n5c6ccccc6c6ccccc65)n4)c3c12. The molecule has 0 radical (unpaired) electrons. The van der Waals surface area contributed by atoms with Gasteiger partial charge >= 0.3 is 0 Å². The Morgan fingerprint density at radius 1 is 0.512 bits per heavy atom. The fraction of sp³-hybridized carbons (Fsp3) is 0. The number of rotatable bonds is 2. The molecule has 0 atom stereocenters. The van der Waals surface area contributed by atoms with Gasteiger partial charge in [0.2, 0.25) is 11.4 Å². The molecule has 6 nitrogen and oxygen atoms in total. The van der Waals surface area contributed by atoms with E-state index in [4.69, 9.17) is 22.5 Å². The maximum atomic E-state index is 7.97. The molecule has 6 heteroatoms. The third-order valence-corrected chi connectivity index (χ3v) is 8.36. The molecule has 9 rings (SSSR count). The van der Waals surface area contributed by atoms with Gasteiger partial charge in [-0.15, -0.1) is 0 Å². The lowest BCUT2D eigenvalue weighted by Crippen LogP contribution is -2.03. The van der Waals surface area contributed by atoms with Crippen LogP contribution in [-0.2, 0) is 0 Å². The van der Waals surface area contributed by atoms with E-state index >= 15 is 0 Å². The normalized spacial score (nSPS) is 11.7. The average molecular weight is 550 g/mol. The van der Waals surface area contributed by atoms with Gasteiger partial charge in [-0.2, -0.15) is 0 Å². The molecule has 5 aromatic carbocycles. The van der Waals surface area contributed by atoms with Crippen LogP contribution in [0.25, 0.3) is 86.9 Å². The van der Waals surface area contributed by atoms with Crippen LogP contribution in [0.4, 0.5) is 11.4 Å². The predicted molar refractivity (Wildman–Crippen MR) is 173 cm³/mol. The first-order valence-corrected chi connectivity index (χ1v) is 13.9. The van der Waals surface area contributed by atoms with Gasteiger partial charge in [0.15, 0.2) is 0 Å². The number of hydrogen-bond acceptors (Lipinski definition) is 2. The minimum atomic E-state index is 0.421. The Morgan fingerprint density at radius 2 is 1.05 bits per heavy atom. The zero-order valence-corrected chi connectivity index (χ0v) is 22.6. The third-order valence-electron chi connectivity index (χ3n) is 8.36. The van der Waals surface area contributed by atoms with Crippen LogP contribution >= 0.6 is 0 Å². The molecule has 0 aliphatic carbocycles. The molecule has 4 heterocycles. The summed E-state index contributed by atoms with van der Waals surface area (Å²) in [6.45, 7) is 15.7. The summed E-state index contributed by atoms with van der Waals surface area (Å²) in [7, 11) is 0. The number of hydrogen-bond donors (Lipinski definition) is 0. The summed E-state index contributed by atoms with van der Waals surface area (Å²) in [6.07, 6.45) is 0. The predicted octanol–water partition coefficient (Wildman–Crippen LogP) is 10.3. The summed E-state index contributed by atoms with van der Waals surface area (Å²) in [6, 6.07) is 38.6. The summed E-state index contributed by atoms with van der Waals surface area (Å²) in [5.74, 6) is 1.56. The fourth-order valence-electron chi connectivity index (χ4n) is 6.62. The first-order valence-electron chi connectivity index (χ1n) is 13.9. The van der Waals surface area contributed by atoms with E-state index in [1.807, 2.05) is 48.5 Å². The first kappa shape index (κ1) is 23.3. The van der Waals surface area contributed by atoms with Crippen LogP contribution in [0.2, 0.25) is 0 Å². The monoisotopic (exact) mass is 549 g/mol. The molecule has 0 saturated carbocycles. The zero-order chi connectivity index (χ0) is 28.7. The number of benzene rings is 5. The topological polar surface area (TPSA) is 44.6 Å². The van der Waals surface area contributed by atoms with Crippen LogP contribution < -0.4 is 0 Å². The summed E-state index contributed by atoms with van der Waals surface area (Å²) in [4.78, 5) is 12.8. The van der Waals surface area contributed by atoms with Crippen molar-refractivity contribution in [3.63, 3.8) is 0 Å². The second kappa shape index (κ2) is 8.57.